The molecule has 0 bridgehead atoms. The summed E-state index contributed by atoms with van der Waals surface area (Å²) in [6.07, 6.45) is 7.10. The van der Waals surface area contributed by atoms with Crippen LogP contribution in [0.15, 0.2) is 17.9 Å². The van der Waals surface area contributed by atoms with E-state index in [0.717, 1.165) is 34.0 Å². The monoisotopic (exact) mass is 1610 g/mol. The summed E-state index contributed by atoms with van der Waals surface area (Å²) in [5.41, 5.74) is 9.27. The van der Waals surface area contributed by atoms with Crippen molar-refractivity contribution in [3.05, 3.63) is 62.4 Å². The van der Waals surface area contributed by atoms with Gasteiger partial charge in [0, 0.05) is 44.1 Å². The summed E-state index contributed by atoms with van der Waals surface area (Å²) >= 11 is 34.4. The van der Waals surface area contributed by atoms with Crippen molar-refractivity contribution in [2.24, 2.45) is 0 Å². The van der Waals surface area contributed by atoms with Gasteiger partial charge in [0.25, 0.3) is 0 Å². The molecule has 0 aromatic heterocycles. The van der Waals surface area contributed by atoms with E-state index in [1.54, 1.807) is 0 Å². The van der Waals surface area contributed by atoms with Crippen molar-refractivity contribution in [2.45, 2.75) is 27.7 Å². The summed E-state index contributed by atoms with van der Waals surface area (Å²) in [4.78, 5) is 1.56. The molecule has 240 valence electrons. The second kappa shape index (κ2) is 30.2. The van der Waals surface area contributed by atoms with E-state index in [9.17, 15) is 0 Å². The Morgan fingerprint density at radius 2 is 1.36 bits per heavy atom. The van der Waals surface area contributed by atoms with Gasteiger partial charge in [-0.05, 0) is 135 Å². The first-order valence-electron chi connectivity index (χ1n) is 12.8. The van der Waals surface area contributed by atoms with Gasteiger partial charge in [0.2, 0.25) is 0 Å². The zero-order valence-corrected chi connectivity index (χ0v) is 48.4. The predicted octanol–water partition coefficient (Wildman–Crippen LogP) is 15.0. The molecule has 2 rings (SSSR count). The molecular formula is C26H18Br4I5P5S5. The van der Waals surface area contributed by atoms with Crippen molar-refractivity contribution < 1.29 is 1.37 Å². The Morgan fingerprint density at radius 3 is 1.73 bits per heavy atom. The van der Waals surface area contributed by atoms with Crippen LogP contribution in [0.25, 0.3) is 0 Å². The van der Waals surface area contributed by atoms with E-state index in [4.69, 9.17) is 35.8 Å². The molecular weight excluding hydrogens is 1580 g/mol. The van der Waals surface area contributed by atoms with Crippen LogP contribution in [0, 0.1) is 84.3 Å². The van der Waals surface area contributed by atoms with Gasteiger partial charge in [0.05, 0.1) is 0 Å². The molecule has 3 unspecified atom stereocenters. The van der Waals surface area contributed by atoms with Crippen LogP contribution in [0.4, 0.5) is 0 Å². The molecule has 0 saturated carbocycles. The summed E-state index contributed by atoms with van der Waals surface area (Å²) in [5.74, 6) is 12.0. The Balaban J connectivity index is 0. The number of hydrogen-bond donors (Lipinski definition) is 0. The smallest absolute Gasteiger partial charge is 0.101 e. The van der Waals surface area contributed by atoms with Gasteiger partial charge in [-0.3, -0.25) is 0 Å². The van der Waals surface area contributed by atoms with Gasteiger partial charge >= 0.3 is 208 Å². The molecule has 0 fully saturated rings. The van der Waals surface area contributed by atoms with Crippen molar-refractivity contribution in [1.82, 2.24) is 0 Å². The molecule has 45 heavy (non-hydrogen) atoms. The van der Waals surface area contributed by atoms with Gasteiger partial charge in [0.15, 0.2) is 0 Å². The molecule has 0 aliphatic heterocycles. The van der Waals surface area contributed by atoms with Crippen LogP contribution in [-0.2, 0) is 49.9 Å². The van der Waals surface area contributed by atoms with Gasteiger partial charge in [-0.2, -0.15) is 0 Å². The number of benzene rings is 2. The number of halogens is 9. The van der Waals surface area contributed by atoms with Gasteiger partial charge in [0.1, 0.15) is 1.28 Å². The average molecular weight is 1610 g/mol. The first-order valence-corrected chi connectivity index (χ1v) is 39.0. The fraction of sp³-hybridized carbons (Fsp3) is 0.154. The molecule has 0 aliphatic rings. The molecule has 2 aromatic rings. The van der Waals surface area contributed by atoms with Crippen molar-refractivity contribution in [2.75, 3.05) is 0 Å². The van der Waals surface area contributed by atoms with Crippen LogP contribution in [0.3, 0.4) is 0 Å². The number of terminal acetylenes is 2. The third-order valence-electron chi connectivity index (χ3n) is 4.70. The molecule has 0 N–H and O–H groups in total. The molecule has 0 spiro atoms. The molecule has 0 nitrogen and oxygen atoms in total. The second-order valence-electron chi connectivity index (χ2n) is 7.12. The molecule has 3 atom stereocenters. The van der Waals surface area contributed by atoms with E-state index in [1.807, 2.05) is 35.9 Å². The topological polar surface area (TPSA) is 0 Å². The van der Waals surface area contributed by atoms with Crippen LogP contribution in [0.5, 0.6) is 0 Å². The molecule has 0 radical (unpaired) electrons. The van der Waals surface area contributed by atoms with Crippen LogP contribution in [0.1, 0.15) is 45.9 Å². The summed E-state index contributed by atoms with van der Waals surface area (Å²) in [6, 6.07) is 0. The minimum Gasteiger partial charge on any atom is -0.107 e. The first-order chi connectivity index (χ1) is 23.2. The van der Waals surface area contributed by atoms with Crippen LogP contribution < -0.4 is 0 Å². The zero-order valence-electron chi connectivity index (χ0n) is 27.8. The van der Waals surface area contributed by atoms with Gasteiger partial charge < -0.3 is 0 Å². The van der Waals surface area contributed by atoms with Crippen molar-refractivity contribution in [3.8, 4) is 56.6 Å². The predicted molar refractivity (Wildman–Crippen MR) is 287 cm³/mol. The van der Waals surface area contributed by atoms with E-state index in [1.165, 1.54) is 11.1 Å². The summed E-state index contributed by atoms with van der Waals surface area (Å²) in [5, 5.41) is 5.50. The third kappa shape index (κ3) is 20.7. The van der Waals surface area contributed by atoms with E-state index >= 15 is 0 Å². The van der Waals surface area contributed by atoms with Crippen molar-refractivity contribution >= 4 is 251 Å². The molecule has 0 saturated heterocycles. The van der Waals surface area contributed by atoms with Crippen LogP contribution >= 0.6 is 201 Å². The number of rotatable bonds is 1. The second-order valence-corrected chi connectivity index (χ2v) is 40.4. The fourth-order valence-corrected chi connectivity index (χ4v) is 8.32. The Bertz CT molecular complexity index is 1930. The standard InChI is InChI=1S/C16H10I3P3S3.C8H6Br4.C2H2IPS.IPS/c1-4-13-11(2)15(6-9-22(17)24)16(7-10-25(18)20)12(3)14(13)5-8-19-21-23;1-3-5(9)7(11)4(2)8(12)6(3)10;1-2-5(3)4;1-2-3/h1,19-20,22H,2-3H3;1-2H3;1,4H;/i1T,19T,20T,22T;;4T;. The van der Waals surface area contributed by atoms with E-state index in [0.29, 0.717) is 43.2 Å². The van der Waals surface area contributed by atoms with Crippen LogP contribution in [0.2, 0.25) is 0 Å². The minimum atomic E-state index is -2.52. The maximum Gasteiger partial charge on any atom is 0.101 e. The minimum absolute atomic E-state index is 0.147. The van der Waals surface area contributed by atoms with E-state index in [-0.39, 0.29) is 7.24 Å². The van der Waals surface area contributed by atoms with Gasteiger partial charge in [-0.1, -0.05) is 7.96 Å². The number of hydrogen-bond acceptors (Lipinski definition) is 3. The normalized spacial score (nSPS) is 13.8. The summed E-state index contributed by atoms with van der Waals surface area (Å²) in [7, 11) is 0.416. The van der Waals surface area contributed by atoms with Crippen molar-refractivity contribution in [1.29, 1.82) is 4.43 Å². The Kier molecular flexibility index (Phi) is 28.5. The Labute approximate surface area is 395 Å². The first kappa shape index (κ1) is 42.5. The summed E-state index contributed by atoms with van der Waals surface area (Å²) < 4.78 is 42.3. The summed E-state index contributed by atoms with van der Waals surface area (Å²) in [6.45, 7) is 7.83. The third-order valence-corrected chi connectivity index (χ3v) is 16.6. The average Bonchev–Trinajstić information content (AvgIpc) is 3.08. The Hall–Kier alpha value is 4.80. The van der Waals surface area contributed by atoms with E-state index < -0.39 is 32.0 Å². The molecule has 0 aliphatic carbocycles. The quantitative estimate of drug-likeness (QED) is 0.121. The van der Waals surface area contributed by atoms with Crippen LogP contribution in [-0.4, -0.2) is 4.43 Å². The maximum absolute atomic E-state index is 7.96. The molecule has 19 heteroatoms. The molecule has 2 aromatic carbocycles. The molecule has 0 amide bonds. The SMILES string of the molecule is Cc1c(Br)c(Br)c(C)c(Br)c1Br.S=PI.[3H]C#Cc1c(C)c(C#CP([3H])(=S)I)c(C#CS(I)=P[3H])c(C)c1C#CI([3H])P=S.[3H]P=S(I)C#C. The largest absolute Gasteiger partial charge is 0.107 e. The Morgan fingerprint density at radius 1 is 0.911 bits per heavy atom. The van der Waals surface area contributed by atoms with Crippen molar-refractivity contribution in [3.63, 3.8) is 0 Å². The zero-order chi connectivity index (χ0) is 39.4. The fourth-order valence-electron chi connectivity index (χ4n) is 2.75. The van der Waals surface area contributed by atoms with Gasteiger partial charge in [-0.15, -0.1) is 6.42 Å². The molecule has 0 heterocycles. The maximum atomic E-state index is 7.96. The van der Waals surface area contributed by atoms with E-state index in [2.05, 4.69) is 204 Å². The van der Waals surface area contributed by atoms with Gasteiger partial charge in [-0.25, -0.2) is 0 Å².